The van der Waals surface area contributed by atoms with E-state index in [0.717, 1.165) is 15.7 Å². The second-order valence-electron chi connectivity index (χ2n) is 4.81. The van der Waals surface area contributed by atoms with Crippen molar-refractivity contribution in [3.05, 3.63) is 58.6 Å². The van der Waals surface area contributed by atoms with Crippen molar-refractivity contribution in [3.8, 4) is 5.75 Å². The maximum absolute atomic E-state index is 12.0. The van der Waals surface area contributed by atoms with Crippen molar-refractivity contribution in [2.45, 2.75) is 17.9 Å². The zero-order valence-corrected chi connectivity index (χ0v) is 14.9. The first-order valence-corrected chi connectivity index (χ1v) is 8.87. The van der Waals surface area contributed by atoms with Gasteiger partial charge in [0.05, 0.1) is 0 Å². The lowest BCUT2D eigenvalue weighted by Gasteiger charge is -2.14. The molecule has 0 bridgehead atoms. The van der Waals surface area contributed by atoms with Gasteiger partial charge in [-0.1, -0.05) is 23.2 Å². The molecule has 23 heavy (non-hydrogen) atoms. The van der Waals surface area contributed by atoms with Gasteiger partial charge in [0.25, 0.3) is 5.91 Å². The van der Waals surface area contributed by atoms with Gasteiger partial charge in [-0.25, -0.2) is 0 Å². The highest BCUT2D eigenvalue weighted by Crippen LogP contribution is 2.20. The maximum Gasteiger partial charge on any atom is 0.260 e. The van der Waals surface area contributed by atoms with Crippen LogP contribution in [0.25, 0.3) is 0 Å². The van der Waals surface area contributed by atoms with Crippen molar-refractivity contribution in [2.24, 2.45) is 0 Å². The Hall–Kier alpha value is -1.36. The van der Waals surface area contributed by atoms with Crippen molar-refractivity contribution in [3.63, 3.8) is 0 Å². The van der Waals surface area contributed by atoms with E-state index >= 15 is 0 Å². The second-order valence-corrected chi connectivity index (χ2v) is 6.85. The minimum Gasteiger partial charge on any atom is -0.481 e. The predicted octanol–water partition coefficient (Wildman–Crippen LogP) is 4.67. The first-order chi connectivity index (χ1) is 11.0. The topological polar surface area (TPSA) is 38.3 Å². The molecule has 0 aromatic heterocycles. The first kappa shape index (κ1) is 18.0. The third kappa shape index (κ3) is 6.34. The number of rotatable bonds is 7. The minimum atomic E-state index is -0.559. The molecule has 0 aliphatic heterocycles. The zero-order chi connectivity index (χ0) is 16.7. The van der Waals surface area contributed by atoms with E-state index in [1.807, 2.05) is 24.3 Å². The number of halogens is 2. The van der Waals surface area contributed by atoms with Crippen molar-refractivity contribution >= 4 is 40.9 Å². The van der Waals surface area contributed by atoms with Gasteiger partial charge in [-0.3, -0.25) is 4.79 Å². The lowest BCUT2D eigenvalue weighted by molar-refractivity contribution is -0.127. The van der Waals surface area contributed by atoms with Crippen LogP contribution in [0.4, 0.5) is 0 Å². The van der Waals surface area contributed by atoms with E-state index in [1.165, 1.54) is 0 Å². The quantitative estimate of drug-likeness (QED) is 0.569. The molecule has 1 amide bonds. The summed E-state index contributed by atoms with van der Waals surface area (Å²) >= 11 is 13.3. The van der Waals surface area contributed by atoms with Crippen LogP contribution in [0.3, 0.4) is 0 Å². The molecular formula is C17H17Cl2NO2S. The molecule has 0 saturated heterocycles. The van der Waals surface area contributed by atoms with Gasteiger partial charge >= 0.3 is 0 Å². The smallest absolute Gasteiger partial charge is 0.260 e. The molecule has 2 aromatic carbocycles. The molecule has 6 heteroatoms. The Bertz CT molecular complexity index is 632. The summed E-state index contributed by atoms with van der Waals surface area (Å²) in [5.74, 6) is 1.25. The molecule has 0 aliphatic rings. The maximum atomic E-state index is 12.0. The Morgan fingerprint density at radius 1 is 1.09 bits per heavy atom. The molecule has 0 spiro atoms. The molecule has 3 nitrogen and oxygen atoms in total. The van der Waals surface area contributed by atoms with Crippen molar-refractivity contribution in [2.75, 3.05) is 12.3 Å². The van der Waals surface area contributed by atoms with Crippen LogP contribution in [0.15, 0.2) is 53.4 Å². The normalized spacial score (nSPS) is 11.8. The SMILES string of the molecule is C[C@H](Oc1ccc(Cl)cc1)C(=O)NCCSc1ccc(Cl)cc1. The fourth-order valence-electron chi connectivity index (χ4n) is 1.79. The van der Waals surface area contributed by atoms with Gasteiger partial charge in [-0.05, 0) is 55.5 Å². The van der Waals surface area contributed by atoms with Gasteiger partial charge < -0.3 is 10.1 Å². The van der Waals surface area contributed by atoms with Gasteiger partial charge in [-0.2, -0.15) is 0 Å². The summed E-state index contributed by atoms with van der Waals surface area (Å²) in [7, 11) is 0. The Kier molecular flexibility index (Phi) is 7.09. The van der Waals surface area contributed by atoms with Crippen molar-refractivity contribution in [1.29, 1.82) is 0 Å². The van der Waals surface area contributed by atoms with E-state index in [2.05, 4.69) is 5.32 Å². The number of benzene rings is 2. The van der Waals surface area contributed by atoms with Gasteiger partial charge in [0, 0.05) is 27.2 Å². The molecule has 0 unspecified atom stereocenters. The highest BCUT2D eigenvalue weighted by Gasteiger charge is 2.13. The lowest BCUT2D eigenvalue weighted by Crippen LogP contribution is -2.37. The molecule has 0 heterocycles. The molecule has 0 saturated carbocycles. The molecule has 2 rings (SSSR count). The average Bonchev–Trinajstić information content (AvgIpc) is 2.55. The van der Waals surface area contributed by atoms with E-state index in [1.54, 1.807) is 43.0 Å². The number of amides is 1. The van der Waals surface area contributed by atoms with Gasteiger partial charge in [0.15, 0.2) is 6.10 Å². The molecular weight excluding hydrogens is 353 g/mol. The summed E-state index contributed by atoms with van der Waals surface area (Å²) in [6.07, 6.45) is -0.559. The summed E-state index contributed by atoms with van der Waals surface area (Å²) in [5, 5.41) is 4.21. The van der Waals surface area contributed by atoms with Crippen LogP contribution in [0.1, 0.15) is 6.92 Å². The summed E-state index contributed by atoms with van der Waals surface area (Å²) in [6.45, 7) is 2.29. The Morgan fingerprint density at radius 3 is 2.26 bits per heavy atom. The van der Waals surface area contributed by atoms with Gasteiger partial charge in [0.2, 0.25) is 0 Å². The molecule has 2 aromatic rings. The van der Waals surface area contributed by atoms with Crippen LogP contribution in [0.5, 0.6) is 5.75 Å². The van der Waals surface area contributed by atoms with Crippen LogP contribution in [-0.4, -0.2) is 24.3 Å². The Balaban J connectivity index is 1.69. The van der Waals surface area contributed by atoms with E-state index in [9.17, 15) is 4.79 Å². The van der Waals surface area contributed by atoms with Gasteiger partial charge in [-0.15, -0.1) is 11.8 Å². The predicted molar refractivity (Wildman–Crippen MR) is 96.7 cm³/mol. The third-order valence-electron chi connectivity index (χ3n) is 2.98. The highest BCUT2D eigenvalue weighted by molar-refractivity contribution is 7.99. The van der Waals surface area contributed by atoms with E-state index in [0.29, 0.717) is 17.3 Å². The van der Waals surface area contributed by atoms with E-state index < -0.39 is 6.10 Å². The number of hydrogen-bond donors (Lipinski definition) is 1. The molecule has 0 aliphatic carbocycles. The van der Waals surface area contributed by atoms with Crippen LogP contribution in [0.2, 0.25) is 10.0 Å². The molecule has 0 fully saturated rings. The summed E-state index contributed by atoms with van der Waals surface area (Å²) in [6, 6.07) is 14.6. The summed E-state index contributed by atoms with van der Waals surface area (Å²) < 4.78 is 5.57. The van der Waals surface area contributed by atoms with Crippen LogP contribution in [0, 0.1) is 0 Å². The molecule has 0 radical (unpaired) electrons. The van der Waals surface area contributed by atoms with E-state index in [-0.39, 0.29) is 5.91 Å². The number of thioether (sulfide) groups is 1. The minimum absolute atomic E-state index is 0.142. The number of hydrogen-bond acceptors (Lipinski definition) is 3. The largest absolute Gasteiger partial charge is 0.481 e. The summed E-state index contributed by atoms with van der Waals surface area (Å²) in [5.41, 5.74) is 0. The Morgan fingerprint density at radius 2 is 1.65 bits per heavy atom. The molecule has 1 atom stereocenters. The van der Waals surface area contributed by atoms with Gasteiger partial charge in [0.1, 0.15) is 5.75 Å². The second kappa shape index (κ2) is 9.06. The Labute approximate surface area is 150 Å². The summed E-state index contributed by atoms with van der Waals surface area (Å²) in [4.78, 5) is 13.1. The van der Waals surface area contributed by atoms with Crippen LogP contribution >= 0.6 is 35.0 Å². The first-order valence-electron chi connectivity index (χ1n) is 7.13. The monoisotopic (exact) mass is 369 g/mol. The number of nitrogens with one attached hydrogen (secondary N) is 1. The van der Waals surface area contributed by atoms with Crippen LogP contribution < -0.4 is 10.1 Å². The highest BCUT2D eigenvalue weighted by atomic mass is 35.5. The standard InChI is InChI=1S/C17H17Cl2NO2S/c1-12(22-15-6-2-13(18)3-7-15)17(21)20-10-11-23-16-8-4-14(19)5-9-16/h2-9,12H,10-11H2,1H3,(H,20,21)/t12-/m0/s1. The number of carbonyl (C=O) groups is 1. The third-order valence-corrected chi connectivity index (χ3v) is 4.50. The van der Waals surface area contributed by atoms with E-state index in [4.69, 9.17) is 27.9 Å². The number of carbonyl (C=O) groups excluding carboxylic acids is 1. The van der Waals surface area contributed by atoms with Crippen molar-refractivity contribution < 1.29 is 9.53 Å². The lowest BCUT2D eigenvalue weighted by atomic mass is 10.3. The van der Waals surface area contributed by atoms with Crippen molar-refractivity contribution in [1.82, 2.24) is 5.32 Å². The average molecular weight is 370 g/mol. The van der Waals surface area contributed by atoms with Crippen LogP contribution in [-0.2, 0) is 4.79 Å². The zero-order valence-electron chi connectivity index (χ0n) is 12.6. The molecule has 122 valence electrons. The molecule has 1 N–H and O–H groups in total. The number of ether oxygens (including phenoxy) is 1. The fourth-order valence-corrected chi connectivity index (χ4v) is 2.81. The fraction of sp³-hybridized carbons (Fsp3) is 0.235.